The molecule has 0 saturated heterocycles. The summed E-state index contributed by atoms with van der Waals surface area (Å²) in [5.41, 5.74) is 9.81. The Labute approximate surface area is 332 Å². The molecule has 0 aliphatic heterocycles. The molecule has 0 amide bonds. The van der Waals surface area contributed by atoms with E-state index in [-0.39, 0.29) is 0 Å². The molecular weight excluding hydrogens is 717 g/mol. The molecular formula is C51H32N4OS. The van der Waals surface area contributed by atoms with Gasteiger partial charge in [0.25, 0.3) is 0 Å². The van der Waals surface area contributed by atoms with Gasteiger partial charge < -0.3 is 9.32 Å². The molecule has 0 fully saturated rings. The van der Waals surface area contributed by atoms with Gasteiger partial charge in [-0.25, -0.2) is 15.0 Å². The van der Waals surface area contributed by atoms with Crippen LogP contribution in [0.5, 0.6) is 0 Å². The molecule has 3 heterocycles. The highest BCUT2D eigenvalue weighted by atomic mass is 32.1. The third-order valence-electron chi connectivity index (χ3n) is 10.5. The number of nitrogens with zero attached hydrogens (tertiary/aromatic N) is 4. The number of hydrogen-bond donors (Lipinski definition) is 0. The number of aromatic nitrogens is 3. The van der Waals surface area contributed by atoms with Gasteiger partial charge in [-0.2, -0.15) is 0 Å². The van der Waals surface area contributed by atoms with Gasteiger partial charge in [0, 0.05) is 70.8 Å². The zero-order valence-electron chi connectivity index (χ0n) is 30.6. The summed E-state index contributed by atoms with van der Waals surface area (Å²) in [5, 5.41) is 4.64. The van der Waals surface area contributed by atoms with E-state index in [0.717, 1.165) is 55.7 Å². The number of furan rings is 1. The molecule has 8 aromatic carbocycles. The van der Waals surface area contributed by atoms with E-state index in [0.29, 0.717) is 17.5 Å². The van der Waals surface area contributed by atoms with Crippen LogP contribution in [0.1, 0.15) is 0 Å². The van der Waals surface area contributed by atoms with E-state index in [4.69, 9.17) is 19.4 Å². The van der Waals surface area contributed by atoms with Crippen LogP contribution in [0, 0.1) is 0 Å². The molecule has 0 radical (unpaired) electrons. The zero-order chi connectivity index (χ0) is 37.7. The first-order chi connectivity index (χ1) is 28.2. The Hall–Kier alpha value is -7.41. The molecule has 0 aliphatic carbocycles. The Morgan fingerprint density at radius 2 is 0.789 bits per heavy atom. The Morgan fingerprint density at radius 1 is 0.333 bits per heavy atom. The summed E-state index contributed by atoms with van der Waals surface area (Å²) in [4.78, 5) is 17.1. The first-order valence-electron chi connectivity index (χ1n) is 18.9. The molecule has 268 valence electrons. The van der Waals surface area contributed by atoms with Crippen LogP contribution in [0.15, 0.2) is 199 Å². The molecule has 11 aromatic rings. The van der Waals surface area contributed by atoms with Crippen molar-refractivity contribution in [1.82, 2.24) is 15.0 Å². The molecule has 5 nitrogen and oxygen atoms in total. The lowest BCUT2D eigenvalue weighted by Crippen LogP contribution is -2.09. The lowest BCUT2D eigenvalue weighted by molar-refractivity contribution is 0.669. The highest BCUT2D eigenvalue weighted by Gasteiger charge is 2.19. The molecule has 0 bridgehead atoms. The second-order valence-electron chi connectivity index (χ2n) is 14.1. The van der Waals surface area contributed by atoms with Gasteiger partial charge in [-0.3, -0.25) is 0 Å². The first kappa shape index (κ1) is 33.0. The predicted octanol–water partition coefficient (Wildman–Crippen LogP) is 14.3. The van der Waals surface area contributed by atoms with E-state index in [2.05, 4.69) is 132 Å². The lowest BCUT2D eigenvalue weighted by Gasteiger charge is -2.26. The second-order valence-corrected chi connectivity index (χ2v) is 15.1. The molecule has 0 saturated carbocycles. The van der Waals surface area contributed by atoms with Crippen molar-refractivity contribution in [3.8, 4) is 45.3 Å². The number of thiophene rings is 1. The zero-order valence-corrected chi connectivity index (χ0v) is 31.4. The van der Waals surface area contributed by atoms with E-state index in [9.17, 15) is 0 Å². The molecule has 0 spiro atoms. The van der Waals surface area contributed by atoms with Crippen LogP contribution >= 0.6 is 11.3 Å². The smallest absolute Gasteiger partial charge is 0.164 e. The largest absolute Gasteiger partial charge is 0.456 e. The van der Waals surface area contributed by atoms with Crippen molar-refractivity contribution in [3.63, 3.8) is 0 Å². The highest BCUT2D eigenvalue weighted by Crippen LogP contribution is 2.43. The SMILES string of the molecule is c1ccc(-c2ccc(N(c3ccc4c(c3)oc3cc(-c5nc(-c6ccccc6)nc(-c6ccccc6)n5)ccc34)c3ccc4c(c3)sc3ccccc34)cc2)cc1. The maximum atomic E-state index is 6.70. The third kappa shape index (κ3) is 6.00. The summed E-state index contributed by atoms with van der Waals surface area (Å²) in [6.07, 6.45) is 0. The third-order valence-corrected chi connectivity index (χ3v) is 11.7. The lowest BCUT2D eigenvalue weighted by atomic mass is 10.0. The van der Waals surface area contributed by atoms with Crippen molar-refractivity contribution >= 4 is 70.5 Å². The molecule has 0 atom stereocenters. The first-order valence-corrected chi connectivity index (χ1v) is 19.7. The minimum atomic E-state index is 0.590. The average molecular weight is 749 g/mol. The van der Waals surface area contributed by atoms with Crippen LogP contribution in [-0.4, -0.2) is 15.0 Å². The summed E-state index contributed by atoms with van der Waals surface area (Å²) in [6, 6.07) is 67.5. The number of fused-ring (bicyclic) bond motifs is 6. The van der Waals surface area contributed by atoms with Crippen molar-refractivity contribution in [2.75, 3.05) is 4.90 Å². The molecule has 57 heavy (non-hydrogen) atoms. The maximum Gasteiger partial charge on any atom is 0.164 e. The van der Waals surface area contributed by atoms with Gasteiger partial charge >= 0.3 is 0 Å². The predicted molar refractivity (Wildman–Crippen MR) is 236 cm³/mol. The Kier molecular flexibility index (Phi) is 7.93. The van der Waals surface area contributed by atoms with Crippen LogP contribution in [0.3, 0.4) is 0 Å². The van der Waals surface area contributed by atoms with Crippen molar-refractivity contribution in [1.29, 1.82) is 0 Å². The van der Waals surface area contributed by atoms with Gasteiger partial charge in [-0.15, -0.1) is 11.3 Å². The summed E-state index contributed by atoms with van der Waals surface area (Å²) < 4.78 is 9.24. The summed E-state index contributed by atoms with van der Waals surface area (Å²) in [7, 11) is 0. The monoisotopic (exact) mass is 748 g/mol. The van der Waals surface area contributed by atoms with Crippen LogP contribution in [-0.2, 0) is 0 Å². The summed E-state index contributed by atoms with van der Waals surface area (Å²) in [6.45, 7) is 0. The number of hydrogen-bond acceptors (Lipinski definition) is 6. The van der Waals surface area contributed by atoms with Crippen molar-refractivity contribution < 1.29 is 4.42 Å². The van der Waals surface area contributed by atoms with Crippen molar-refractivity contribution in [2.24, 2.45) is 0 Å². The molecule has 0 N–H and O–H groups in total. The fraction of sp³-hybridized carbons (Fsp3) is 0. The normalized spacial score (nSPS) is 11.5. The van der Waals surface area contributed by atoms with Crippen molar-refractivity contribution in [3.05, 3.63) is 194 Å². The fourth-order valence-electron chi connectivity index (χ4n) is 7.72. The van der Waals surface area contributed by atoms with Crippen LogP contribution in [0.2, 0.25) is 0 Å². The number of benzene rings is 8. The van der Waals surface area contributed by atoms with Gasteiger partial charge in [-0.1, -0.05) is 133 Å². The molecule has 3 aromatic heterocycles. The Balaban J connectivity index is 1.02. The van der Waals surface area contributed by atoms with Gasteiger partial charge in [0.2, 0.25) is 0 Å². The van der Waals surface area contributed by atoms with Crippen LogP contribution in [0.4, 0.5) is 17.1 Å². The van der Waals surface area contributed by atoms with Gasteiger partial charge in [-0.05, 0) is 65.7 Å². The highest BCUT2D eigenvalue weighted by molar-refractivity contribution is 7.25. The number of rotatable bonds is 7. The standard InChI is InChI=1S/C51H32N4OS/c1-4-12-33(13-5-1)34-20-23-38(24-21-34)55(40-26-29-44-43-18-10-11-19-47(43)57-48(44)32-40)39-25-28-42-41-27-22-37(30-45(41)56-46(42)31-39)51-53-49(35-14-6-2-7-15-35)52-50(54-51)36-16-8-3-9-17-36/h1-32H. The molecule has 6 heteroatoms. The quantitative estimate of drug-likeness (QED) is 0.162. The van der Waals surface area contributed by atoms with E-state index in [1.165, 1.54) is 31.3 Å². The summed E-state index contributed by atoms with van der Waals surface area (Å²) in [5.74, 6) is 1.84. The van der Waals surface area contributed by atoms with E-state index in [1.54, 1.807) is 0 Å². The second kappa shape index (κ2) is 13.7. The number of anilines is 3. The molecule has 0 unspecified atom stereocenters. The Morgan fingerprint density at radius 3 is 1.46 bits per heavy atom. The Bertz CT molecular complexity index is 3170. The van der Waals surface area contributed by atoms with Gasteiger partial charge in [0.15, 0.2) is 17.5 Å². The van der Waals surface area contributed by atoms with E-state index in [1.807, 2.05) is 78.1 Å². The van der Waals surface area contributed by atoms with Gasteiger partial charge in [0.05, 0.1) is 0 Å². The summed E-state index contributed by atoms with van der Waals surface area (Å²) >= 11 is 1.83. The van der Waals surface area contributed by atoms with Gasteiger partial charge in [0.1, 0.15) is 11.2 Å². The molecule has 11 rings (SSSR count). The van der Waals surface area contributed by atoms with E-state index < -0.39 is 0 Å². The van der Waals surface area contributed by atoms with Crippen LogP contribution in [0.25, 0.3) is 87.4 Å². The maximum absolute atomic E-state index is 6.70. The fourth-order valence-corrected chi connectivity index (χ4v) is 8.86. The van der Waals surface area contributed by atoms with Crippen LogP contribution < -0.4 is 4.90 Å². The van der Waals surface area contributed by atoms with Crippen molar-refractivity contribution in [2.45, 2.75) is 0 Å². The average Bonchev–Trinajstić information content (AvgIpc) is 3.85. The topological polar surface area (TPSA) is 55.1 Å². The minimum absolute atomic E-state index is 0.590. The molecule has 0 aliphatic rings. The van der Waals surface area contributed by atoms with E-state index >= 15 is 0 Å². The minimum Gasteiger partial charge on any atom is -0.456 e.